The summed E-state index contributed by atoms with van der Waals surface area (Å²) >= 11 is 7.23. The van der Waals surface area contributed by atoms with Gasteiger partial charge in [0.05, 0.1) is 19.8 Å². The van der Waals surface area contributed by atoms with Crippen molar-refractivity contribution in [3.8, 4) is 0 Å². The van der Waals surface area contributed by atoms with E-state index in [2.05, 4.69) is 23.8 Å². The summed E-state index contributed by atoms with van der Waals surface area (Å²) in [4.78, 5) is 2.22. The van der Waals surface area contributed by atoms with Gasteiger partial charge in [-0.05, 0) is 38.8 Å². The first kappa shape index (κ1) is 17.4. The van der Waals surface area contributed by atoms with E-state index in [0.29, 0.717) is 6.61 Å². The molecule has 8 heteroatoms. The molecule has 19 heavy (non-hydrogen) atoms. The van der Waals surface area contributed by atoms with Gasteiger partial charge in [0, 0.05) is 19.1 Å². The quantitative estimate of drug-likeness (QED) is 0.475. The van der Waals surface area contributed by atoms with Crippen molar-refractivity contribution in [1.82, 2.24) is 9.99 Å². The van der Waals surface area contributed by atoms with E-state index >= 15 is 0 Å². The minimum Gasteiger partial charge on any atom is -0.378 e. The van der Waals surface area contributed by atoms with Crippen LogP contribution in [0.1, 0.15) is 20.8 Å². The average molecular weight is 325 g/mol. The molecule has 1 atom stereocenters. The van der Waals surface area contributed by atoms with Crippen LogP contribution in [0.15, 0.2) is 4.76 Å². The second kappa shape index (κ2) is 8.60. The second-order valence-corrected chi connectivity index (χ2v) is 8.42. The number of amidine groups is 1. The molecule has 112 valence electrons. The first-order valence-electron chi connectivity index (χ1n) is 6.50. The normalized spacial score (nSPS) is 20.7. The van der Waals surface area contributed by atoms with Crippen molar-refractivity contribution < 1.29 is 9.26 Å². The zero-order chi connectivity index (χ0) is 14.3. The summed E-state index contributed by atoms with van der Waals surface area (Å²) in [5.74, 6) is 0. The summed E-state index contributed by atoms with van der Waals surface area (Å²) in [5, 5.41) is 4.26. The van der Waals surface area contributed by atoms with E-state index in [9.17, 15) is 0 Å². The molecule has 0 bridgehead atoms. The maximum atomic E-state index is 5.72. The third kappa shape index (κ3) is 6.10. The number of nitrogens with one attached hydrogen (secondary N) is 1. The van der Waals surface area contributed by atoms with Crippen LogP contribution in [-0.2, 0) is 21.1 Å². The van der Waals surface area contributed by atoms with Crippen LogP contribution in [0.5, 0.6) is 0 Å². The molecule has 0 aromatic carbocycles. The van der Waals surface area contributed by atoms with Crippen molar-refractivity contribution in [2.45, 2.75) is 26.8 Å². The number of ether oxygens (including phenoxy) is 1. The Bertz CT molecular complexity index is 347. The first-order chi connectivity index (χ1) is 9.00. The highest BCUT2D eigenvalue weighted by atomic mass is 32.4. The first-order valence-corrected chi connectivity index (χ1v) is 10.4. The molecule has 1 N–H and O–H groups in total. The third-order valence-electron chi connectivity index (χ3n) is 2.41. The standard InChI is InChI=1S/C11H24N3O2PS2/c1-5-16-17(18,12-10(2)3)13-11(19-4)14-6-8-15-9-7-14/h10H,5-9H2,1-4H3,(H,12,18)/b13-11-. The van der Waals surface area contributed by atoms with Crippen LogP contribution in [0.3, 0.4) is 0 Å². The van der Waals surface area contributed by atoms with E-state index in [1.165, 1.54) is 0 Å². The van der Waals surface area contributed by atoms with Gasteiger partial charge in [0.1, 0.15) is 0 Å². The maximum Gasteiger partial charge on any atom is 0.247 e. The van der Waals surface area contributed by atoms with Crippen molar-refractivity contribution in [3.63, 3.8) is 0 Å². The monoisotopic (exact) mass is 325 g/mol. The molecule has 1 unspecified atom stereocenters. The van der Waals surface area contributed by atoms with Gasteiger partial charge < -0.3 is 14.2 Å². The van der Waals surface area contributed by atoms with Gasteiger partial charge in [-0.15, -0.1) is 0 Å². The fraction of sp³-hybridized carbons (Fsp3) is 0.909. The van der Waals surface area contributed by atoms with Crippen molar-refractivity contribution in [1.29, 1.82) is 0 Å². The zero-order valence-corrected chi connectivity index (χ0v) is 14.6. The van der Waals surface area contributed by atoms with Crippen LogP contribution in [-0.4, -0.2) is 55.3 Å². The Morgan fingerprint density at radius 1 is 1.53 bits per heavy atom. The van der Waals surface area contributed by atoms with Gasteiger partial charge in [0.15, 0.2) is 5.17 Å². The lowest BCUT2D eigenvalue weighted by Gasteiger charge is -2.30. The Hall–Kier alpha value is 0.350. The molecule has 1 saturated heterocycles. The second-order valence-electron chi connectivity index (χ2n) is 4.41. The predicted octanol–water partition coefficient (Wildman–Crippen LogP) is 2.30. The lowest BCUT2D eigenvalue weighted by Crippen LogP contribution is -2.39. The fourth-order valence-electron chi connectivity index (χ4n) is 1.70. The van der Waals surface area contributed by atoms with Gasteiger partial charge in [-0.2, -0.15) is 4.76 Å². The van der Waals surface area contributed by atoms with Crippen LogP contribution < -0.4 is 5.09 Å². The number of thioether (sulfide) groups is 1. The molecule has 1 heterocycles. The van der Waals surface area contributed by atoms with Crippen molar-refractivity contribution in [3.05, 3.63) is 0 Å². The fourth-order valence-corrected chi connectivity index (χ4v) is 5.69. The number of morpholine rings is 1. The van der Waals surface area contributed by atoms with E-state index in [0.717, 1.165) is 31.5 Å². The summed E-state index contributed by atoms with van der Waals surface area (Å²) in [6, 6.07) is 0.258. The van der Waals surface area contributed by atoms with Crippen molar-refractivity contribution in [2.75, 3.05) is 39.2 Å². The van der Waals surface area contributed by atoms with Gasteiger partial charge in [-0.1, -0.05) is 11.8 Å². The van der Waals surface area contributed by atoms with Crippen LogP contribution in [0.4, 0.5) is 0 Å². The van der Waals surface area contributed by atoms with Gasteiger partial charge >= 0.3 is 0 Å². The molecular weight excluding hydrogens is 301 g/mol. The van der Waals surface area contributed by atoms with E-state index in [-0.39, 0.29) is 6.04 Å². The minimum absolute atomic E-state index is 0.258. The smallest absolute Gasteiger partial charge is 0.247 e. The molecular formula is C11H24N3O2PS2. The van der Waals surface area contributed by atoms with Gasteiger partial charge in [-0.3, -0.25) is 0 Å². The zero-order valence-electron chi connectivity index (χ0n) is 12.1. The molecule has 0 saturated carbocycles. The predicted molar refractivity (Wildman–Crippen MR) is 87.5 cm³/mol. The summed E-state index contributed by atoms with van der Waals surface area (Å²) < 4.78 is 15.8. The summed E-state index contributed by atoms with van der Waals surface area (Å²) in [7, 11) is 0. The number of hydrogen-bond donors (Lipinski definition) is 1. The third-order valence-corrected chi connectivity index (χ3v) is 6.04. The summed E-state index contributed by atoms with van der Waals surface area (Å²) in [5.41, 5.74) is 0. The molecule has 1 aliphatic heterocycles. The van der Waals surface area contributed by atoms with Crippen molar-refractivity contribution >= 4 is 35.3 Å². The Morgan fingerprint density at radius 2 is 2.16 bits per heavy atom. The Balaban J connectivity index is 2.86. The van der Waals surface area contributed by atoms with Gasteiger partial charge in [0.2, 0.25) is 6.57 Å². The van der Waals surface area contributed by atoms with Crippen LogP contribution >= 0.6 is 18.3 Å². The number of nitrogens with zero attached hydrogens (tertiary/aromatic N) is 2. The highest BCUT2D eigenvalue weighted by Crippen LogP contribution is 2.46. The molecule has 0 radical (unpaired) electrons. The Kier molecular flexibility index (Phi) is 7.87. The Morgan fingerprint density at radius 3 is 2.63 bits per heavy atom. The molecule has 1 aliphatic rings. The van der Waals surface area contributed by atoms with Crippen LogP contribution in [0, 0.1) is 0 Å². The van der Waals surface area contributed by atoms with E-state index in [1.807, 2.05) is 13.2 Å². The minimum atomic E-state index is -2.35. The SMILES string of the molecule is CCOP(=S)(/N=C(\SC)N1CCOCC1)NC(C)C. The highest BCUT2D eigenvalue weighted by molar-refractivity contribution is 8.15. The summed E-state index contributed by atoms with van der Waals surface area (Å²) in [6.45, 7) is 7.51. The van der Waals surface area contributed by atoms with Crippen molar-refractivity contribution in [2.24, 2.45) is 4.76 Å². The molecule has 0 spiro atoms. The molecule has 0 amide bonds. The van der Waals surface area contributed by atoms with Crippen LogP contribution in [0.2, 0.25) is 0 Å². The van der Waals surface area contributed by atoms with E-state index in [1.54, 1.807) is 11.8 Å². The van der Waals surface area contributed by atoms with E-state index in [4.69, 9.17) is 25.8 Å². The topological polar surface area (TPSA) is 46.1 Å². The van der Waals surface area contributed by atoms with E-state index < -0.39 is 6.57 Å². The van der Waals surface area contributed by atoms with Gasteiger partial charge in [0.25, 0.3) is 0 Å². The average Bonchev–Trinajstić information content (AvgIpc) is 2.36. The molecule has 0 aliphatic carbocycles. The molecule has 1 rings (SSSR count). The van der Waals surface area contributed by atoms with Crippen LogP contribution in [0.25, 0.3) is 0 Å². The molecule has 1 fully saturated rings. The summed E-state index contributed by atoms with van der Waals surface area (Å²) in [6.07, 6.45) is 2.02. The number of hydrogen-bond acceptors (Lipinski definition) is 4. The molecule has 0 aromatic rings. The van der Waals surface area contributed by atoms with Gasteiger partial charge in [-0.25, -0.2) is 5.09 Å². The Labute approximate surface area is 125 Å². The lowest BCUT2D eigenvalue weighted by molar-refractivity contribution is 0.0694. The molecule has 5 nitrogen and oxygen atoms in total. The maximum absolute atomic E-state index is 5.72. The largest absolute Gasteiger partial charge is 0.378 e. The lowest BCUT2D eigenvalue weighted by atomic mass is 10.4. The number of rotatable bonds is 5. The molecule has 0 aromatic heterocycles. The highest BCUT2D eigenvalue weighted by Gasteiger charge is 2.22.